The lowest BCUT2D eigenvalue weighted by Gasteiger charge is -2.09. The Morgan fingerprint density at radius 1 is 1.27 bits per heavy atom. The van der Waals surface area contributed by atoms with Gasteiger partial charge in [0, 0.05) is 23.2 Å². The van der Waals surface area contributed by atoms with Crippen LogP contribution in [0.5, 0.6) is 5.75 Å². The second-order valence-electron chi connectivity index (χ2n) is 7.04. The van der Waals surface area contributed by atoms with Crippen LogP contribution in [0.3, 0.4) is 0 Å². The zero-order valence-corrected chi connectivity index (χ0v) is 17.0. The summed E-state index contributed by atoms with van der Waals surface area (Å²) < 4.78 is 21.4. The summed E-state index contributed by atoms with van der Waals surface area (Å²) in [5.74, 6) is 0.205. The van der Waals surface area contributed by atoms with E-state index in [1.807, 2.05) is 0 Å². The Morgan fingerprint density at radius 3 is 2.67 bits per heavy atom. The smallest absolute Gasteiger partial charge is 0.346 e. The maximum atomic E-state index is 13.3. The number of hydrogen-bond acceptors (Lipinski definition) is 4. The molecule has 3 aromatic rings. The van der Waals surface area contributed by atoms with Gasteiger partial charge in [0.25, 0.3) is 5.91 Å². The zero-order valence-electron chi connectivity index (χ0n) is 16.3. The molecule has 1 heterocycles. The Labute approximate surface area is 177 Å². The fraction of sp³-hybridized carbons (Fsp3) is 0.286. The van der Waals surface area contributed by atoms with E-state index < -0.39 is 0 Å². The molecule has 9 heteroatoms. The van der Waals surface area contributed by atoms with E-state index in [4.69, 9.17) is 16.3 Å². The summed E-state index contributed by atoms with van der Waals surface area (Å²) in [5, 5.41) is 7.62. The van der Waals surface area contributed by atoms with Gasteiger partial charge in [-0.3, -0.25) is 9.36 Å². The van der Waals surface area contributed by atoms with Crippen molar-refractivity contribution < 1.29 is 13.9 Å². The number of nitrogens with zero attached hydrogens (tertiary/aromatic N) is 3. The molecule has 0 atom stereocenters. The molecule has 1 aliphatic carbocycles. The van der Waals surface area contributed by atoms with Crippen molar-refractivity contribution in [2.75, 3.05) is 13.7 Å². The Balaban J connectivity index is 1.51. The van der Waals surface area contributed by atoms with Gasteiger partial charge in [-0.15, -0.1) is 5.10 Å². The summed E-state index contributed by atoms with van der Waals surface area (Å²) in [7, 11) is 1.47. The first-order valence-electron chi connectivity index (χ1n) is 9.55. The highest BCUT2D eigenvalue weighted by Crippen LogP contribution is 2.36. The lowest BCUT2D eigenvalue weighted by molar-refractivity contribution is 0.0948. The molecule has 1 amide bonds. The predicted octanol–water partition coefficient (Wildman–Crippen LogP) is 3.28. The molecule has 0 bridgehead atoms. The van der Waals surface area contributed by atoms with Crippen molar-refractivity contribution >= 4 is 17.5 Å². The second kappa shape index (κ2) is 8.31. The van der Waals surface area contributed by atoms with Crippen LogP contribution in [0, 0.1) is 5.82 Å². The number of nitrogens with one attached hydrogen (secondary N) is 1. The van der Waals surface area contributed by atoms with Crippen LogP contribution < -0.4 is 15.7 Å². The predicted molar refractivity (Wildman–Crippen MR) is 110 cm³/mol. The van der Waals surface area contributed by atoms with Gasteiger partial charge in [-0.25, -0.2) is 13.9 Å². The summed E-state index contributed by atoms with van der Waals surface area (Å²) in [6.45, 7) is 0.389. The quantitative estimate of drug-likeness (QED) is 0.624. The molecule has 1 N–H and O–H groups in total. The van der Waals surface area contributed by atoms with E-state index in [2.05, 4.69) is 10.4 Å². The number of benzene rings is 2. The molecule has 0 unspecified atom stereocenters. The molecule has 156 valence electrons. The standard InChI is InChI=1S/C21H20ClFN4O3/c1-30-18-9-4-14(22)12-17(18)20(28)24-10-11-26-21(29)27(16-7-8-16)19(25-26)13-2-5-15(23)6-3-13/h2-6,9,12,16H,7-8,10-11H2,1H3,(H,24,28). The van der Waals surface area contributed by atoms with Crippen molar-refractivity contribution in [1.82, 2.24) is 19.7 Å². The van der Waals surface area contributed by atoms with Gasteiger partial charge in [-0.2, -0.15) is 0 Å². The highest BCUT2D eigenvalue weighted by atomic mass is 35.5. The second-order valence-corrected chi connectivity index (χ2v) is 7.47. The van der Waals surface area contributed by atoms with Crippen molar-refractivity contribution in [3.63, 3.8) is 0 Å². The first-order valence-corrected chi connectivity index (χ1v) is 9.92. The Bertz CT molecular complexity index is 1140. The number of ether oxygens (including phenoxy) is 1. The van der Waals surface area contributed by atoms with Gasteiger partial charge >= 0.3 is 5.69 Å². The van der Waals surface area contributed by atoms with E-state index in [-0.39, 0.29) is 36.5 Å². The first kappa shape index (κ1) is 20.2. The average Bonchev–Trinajstić information content (AvgIpc) is 3.52. The maximum absolute atomic E-state index is 13.3. The van der Waals surface area contributed by atoms with Crippen molar-refractivity contribution in [3.8, 4) is 17.1 Å². The SMILES string of the molecule is COc1ccc(Cl)cc1C(=O)NCCn1nc(-c2ccc(F)cc2)n(C2CC2)c1=O. The number of hydrogen-bond donors (Lipinski definition) is 1. The summed E-state index contributed by atoms with van der Waals surface area (Å²) in [5.41, 5.74) is 0.742. The molecule has 1 saturated carbocycles. The highest BCUT2D eigenvalue weighted by Gasteiger charge is 2.30. The van der Waals surface area contributed by atoms with Crippen LogP contribution >= 0.6 is 11.6 Å². The van der Waals surface area contributed by atoms with Gasteiger partial charge in [0.1, 0.15) is 11.6 Å². The lowest BCUT2D eigenvalue weighted by Crippen LogP contribution is -2.32. The van der Waals surface area contributed by atoms with E-state index >= 15 is 0 Å². The van der Waals surface area contributed by atoms with E-state index in [1.54, 1.807) is 28.8 Å². The monoisotopic (exact) mass is 430 g/mol. The summed E-state index contributed by atoms with van der Waals surface area (Å²) >= 11 is 5.98. The van der Waals surface area contributed by atoms with Gasteiger partial charge in [0.15, 0.2) is 5.82 Å². The maximum Gasteiger partial charge on any atom is 0.346 e. The molecule has 0 radical (unpaired) electrons. The largest absolute Gasteiger partial charge is 0.496 e. The minimum absolute atomic E-state index is 0.108. The molecule has 2 aromatic carbocycles. The molecule has 1 fully saturated rings. The Kier molecular flexibility index (Phi) is 5.59. The summed E-state index contributed by atoms with van der Waals surface area (Å²) in [6.07, 6.45) is 1.82. The van der Waals surface area contributed by atoms with Gasteiger partial charge in [0.05, 0.1) is 19.2 Å². The number of rotatable bonds is 7. The number of amides is 1. The highest BCUT2D eigenvalue weighted by molar-refractivity contribution is 6.31. The van der Waals surface area contributed by atoms with E-state index in [9.17, 15) is 14.0 Å². The average molecular weight is 431 g/mol. The third-order valence-corrected chi connectivity index (χ3v) is 5.14. The minimum atomic E-state index is -0.359. The Hall–Kier alpha value is -3.13. The minimum Gasteiger partial charge on any atom is -0.496 e. The summed E-state index contributed by atoms with van der Waals surface area (Å²) in [6, 6.07) is 10.8. The van der Waals surface area contributed by atoms with Crippen molar-refractivity contribution in [2.24, 2.45) is 0 Å². The number of halogens is 2. The van der Waals surface area contributed by atoms with Gasteiger partial charge in [-0.05, 0) is 55.3 Å². The van der Waals surface area contributed by atoms with Crippen LogP contribution in [0.4, 0.5) is 4.39 Å². The molecule has 0 aliphatic heterocycles. The number of aromatic nitrogens is 3. The lowest BCUT2D eigenvalue weighted by atomic mass is 10.2. The molecule has 4 rings (SSSR count). The first-order chi connectivity index (χ1) is 14.5. The summed E-state index contributed by atoms with van der Waals surface area (Å²) in [4.78, 5) is 25.3. The molecule has 30 heavy (non-hydrogen) atoms. The molecular weight excluding hydrogens is 411 g/mol. The molecular formula is C21H20ClFN4O3. The van der Waals surface area contributed by atoms with Gasteiger partial charge < -0.3 is 10.1 Å². The normalized spacial score (nSPS) is 13.3. The van der Waals surface area contributed by atoms with E-state index in [0.29, 0.717) is 27.7 Å². The topological polar surface area (TPSA) is 78.2 Å². The van der Waals surface area contributed by atoms with Crippen molar-refractivity contribution in [2.45, 2.75) is 25.4 Å². The van der Waals surface area contributed by atoms with Crippen LogP contribution in [0.25, 0.3) is 11.4 Å². The van der Waals surface area contributed by atoms with E-state index in [0.717, 1.165) is 12.8 Å². The fourth-order valence-electron chi connectivity index (χ4n) is 3.25. The van der Waals surface area contributed by atoms with Crippen LogP contribution in [0.2, 0.25) is 5.02 Å². The van der Waals surface area contributed by atoms with E-state index in [1.165, 1.54) is 30.0 Å². The number of carbonyl (C=O) groups is 1. The fourth-order valence-corrected chi connectivity index (χ4v) is 3.42. The van der Waals surface area contributed by atoms with Crippen LogP contribution in [-0.4, -0.2) is 33.9 Å². The molecule has 0 saturated heterocycles. The van der Waals surface area contributed by atoms with Gasteiger partial charge in [0.2, 0.25) is 0 Å². The Morgan fingerprint density at radius 2 is 2.00 bits per heavy atom. The van der Waals surface area contributed by atoms with Crippen molar-refractivity contribution in [1.29, 1.82) is 0 Å². The third kappa shape index (κ3) is 4.09. The molecule has 1 aromatic heterocycles. The van der Waals surface area contributed by atoms with Gasteiger partial charge in [-0.1, -0.05) is 11.6 Å². The number of carbonyl (C=O) groups excluding carboxylic acids is 1. The van der Waals surface area contributed by atoms with Crippen LogP contribution in [-0.2, 0) is 6.54 Å². The molecule has 0 spiro atoms. The number of methoxy groups -OCH3 is 1. The molecule has 7 nitrogen and oxygen atoms in total. The molecule has 1 aliphatic rings. The van der Waals surface area contributed by atoms with Crippen molar-refractivity contribution in [3.05, 3.63) is 69.4 Å². The van der Waals surface area contributed by atoms with Crippen LogP contribution in [0.15, 0.2) is 47.3 Å². The zero-order chi connectivity index (χ0) is 21.3. The van der Waals surface area contributed by atoms with Crippen LogP contribution in [0.1, 0.15) is 29.2 Å². The third-order valence-electron chi connectivity index (χ3n) is 4.90.